The summed E-state index contributed by atoms with van der Waals surface area (Å²) >= 11 is 0. The number of aromatic nitrogens is 1. The van der Waals surface area contributed by atoms with Crippen LogP contribution in [0.15, 0.2) is 18.3 Å². The summed E-state index contributed by atoms with van der Waals surface area (Å²) in [5.41, 5.74) is 0.516. The van der Waals surface area contributed by atoms with Gasteiger partial charge < -0.3 is 15.5 Å². The highest BCUT2D eigenvalue weighted by atomic mass is 16.2. The number of hydrogen-bond donors (Lipinski definition) is 2. The van der Waals surface area contributed by atoms with Crippen LogP contribution in [0.25, 0.3) is 0 Å². The summed E-state index contributed by atoms with van der Waals surface area (Å²) in [5, 5.41) is 5.90. The average Bonchev–Trinajstić information content (AvgIpc) is 2.47. The normalized spacial score (nSPS) is 18.6. The number of anilines is 1. The molecule has 2 amide bonds. The summed E-state index contributed by atoms with van der Waals surface area (Å²) in [6.07, 6.45) is 2.61. The highest BCUT2D eigenvalue weighted by molar-refractivity contribution is 6.01. The van der Waals surface area contributed by atoms with E-state index in [-0.39, 0.29) is 11.8 Å². The molecule has 1 unspecified atom stereocenters. The third kappa shape index (κ3) is 2.89. The predicted octanol–water partition coefficient (Wildman–Crippen LogP) is 0.864. The highest BCUT2D eigenvalue weighted by Gasteiger charge is 2.31. The minimum atomic E-state index is -0.449. The van der Waals surface area contributed by atoms with Crippen LogP contribution in [0.3, 0.4) is 0 Å². The van der Waals surface area contributed by atoms with Crippen molar-refractivity contribution in [2.45, 2.75) is 26.3 Å². The van der Waals surface area contributed by atoms with Crippen LogP contribution in [0.5, 0.6) is 0 Å². The standard InChI is InChI=1S/C14H20N4O2/c1-3-6-15-12-11(5-4-7-16-12)14(20)18-9-8-17-13(19)10(18)2/h4-5,7,10H,3,6,8-9H2,1-2H3,(H,15,16)(H,17,19). The molecule has 20 heavy (non-hydrogen) atoms. The first kappa shape index (κ1) is 14.3. The van der Waals surface area contributed by atoms with Crippen molar-refractivity contribution in [3.63, 3.8) is 0 Å². The van der Waals surface area contributed by atoms with E-state index < -0.39 is 6.04 Å². The minimum Gasteiger partial charge on any atom is -0.369 e. The summed E-state index contributed by atoms with van der Waals surface area (Å²) in [5.74, 6) is 0.313. The second-order valence-electron chi connectivity index (χ2n) is 4.79. The molecule has 108 valence electrons. The number of piperazine rings is 1. The molecule has 0 radical (unpaired) electrons. The van der Waals surface area contributed by atoms with E-state index in [1.165, 1.54) is 0 Å². The fraction of sp³-hybridized carbons (Fsp3) is 0.500. The van der Waals surface area contributed by atoms with Gasteiger partial charge in [0.15, 0.2) is 0 Å². The second-order valence-corrected chi connectivity index (χ2v) is 4.79. The van der Waals surface area contributed by atoms with Gasteiger partial charge in [0.25, 0.3) is 5.91 Å². The van der Waals surface area contributed by atoms with E-state index >= 15 is 0 Å². The van der Waals surface area contributed by atoms with E-state index in [0.29, 0.717) is 24.5 Å². The number of hydrogen-bond acceptors (Lipinski definition) is 4. The van der Waals surface area contributed by atoms with Gasteiger partial charge in [-0.05, 0) is 25.5 Å². The number of nitrogens with one attached hydrogen (secondary N) is 2. The summed E-state index contributed by atoms with van der Waals surface area (Å²) < 4.78 is 0. The Morgan fingerprint density at radius 2 is 2.40 bits per heavy atom. The van der Waals surface area contributed by atoms with Gasteiger partial charge >= 0.3 is 0 Å². The molecule has 2 N–H and O–H groups in total. The summed E-state index contributed by atoms with van der Waals surface area (Å²) in [6.45, 7) is 5.56. The molecule has 6 heteroatoms. The van der Waals surface area contributed by atoms with E-state index in [2.05, 4.69) is 22.5 Å². The Bertz CT molecular complexity index is 504. The number of carbonyl (C=O) groups excluding carboxylic acids is 2. The predicted molar refractivity (Wildman–Crippen MR) is 76.5 cm³/mol. The van der Waals surface area contributed by atoms with Gasteiger partial charge in [0.2, 0.25) is 5.91 Å². The Morgan fingerprint density at radius 1 is 1.60 bits per heavy atom. The Labute approximate surface area is 118 Å². The maximum absolute atomic E-state index is 12.6. The van der Waals surface area contributed by atoms with E-state index in [4.69, 9.17) is 0 Å². The fourth-order valence-electron chi connectivity index (χ4n) is 2.18. The van der Waals surface area contributed by atoms with Gasteiger partial charge in [0, 0.05) is 25.8 Å². The quantitative estimate of drug-likeness (QED) is 0.855. The van der Waals surface area contributed by atoms with Crippen molar-refractivity contribution in [1.82, 2.24) is 15.2 Å². The Kier molecular flexibility index (Phi) is 4.55. The molecule has 1 aromatic heterocycles. The molecular weight excluding hydrogens is 256 g/mol. The van der Waals surface area contributed by atoms with Crippen LogP contribution in [-0.2, 0) is 4.79 Å². The van der Waals surface area contributed by atoms with Gasteiger partial charge in [0.05, 0.1) is 5.56 Å². The van der Waals surface area contributed by atoms with Crippen LogP contribution in [-0.4, -0.2) is 47.4 Å². The zero-order chi connectivity index (χ0) is 14.5. The molecule has 2 rings (SSSR count). The molecule has 0 aromatic carbocycles. The molecule has 1 fully saturated rings. The summed E-state index contributed by atoms with van der Waals surface area (Å²) in [7, 11) is 0. The fourth-order valence-corrected chi connectivity index (χ4v) is 2.18. The molecule has 0 saturated carbocycles. The minimum absolute atomic E-state index is 0.114. The zero-order valence-corrected chi connectivity index (χ0v) is 11.8. The van der Waals surface area contributed by atoms with Crippen molar-refractivity contribution >= 4 is 17.6 Å². The molecule has 0 aliphatic carbocycles. The number of carbonyl (C=O) groups is 2. The van der Waals surface area contributed by atoms with Crippen LogP contribution in [0, 0.1) is 0 Å². The van der Waals surface area contributed by atoms with Gasteiger partial charge in [-0.25, -0.2) is 4.98 Å². The van der Waals surface area contributed by atoms with Crippen molar-refractivity contribution in [2.75, 3.05) is 25.0 Å². The number of rotatable bonds is 4. The topological polar surface area (TPSA) is 74.3 Å². The first-order valence-corrected chi connectivity index (χ1v) is 6.92. The van der Waals surface area contributed by atoms with Crippen LogP contribution in [0.4, 0.5) is 5.82 Å². The van der Waals surface area contributed by atoms with E-state index in [1.807, 2.05) is 0 Å². The molecular formula is C14H20N4O2. The number of nitrogens with zero attached hydrogens (tertiary/aromatic N) is 2. The third-order valence-corrected chi connectivity index (χ3v) is 3.34. The van der Waals surface area contributed by atoms with Crippen molar-refractivity contribution in [2.24, 2.45) is 0 Å². The molecule has 0 spiro atoms. The monoisotopic (exact) mass is 276 g/mol. The highest BCUT2D eigenvalue weighted by Crippen LogP contribution is 2.17. The van der Waals surface area contributed by atoms with Crippen LogP contribution < -0.4 is 10.6 Å². The maximum atomic E-state index is 12.6. The van der Waals surface area contributed by atoms with Crippen LogP contribution in [0.1, 0.15) is 30.6 Å². The molecule has 0 bridgehead atoms. The zero-order valence-electron chi connectivity index (χ0n) is 11.8. The molecule has 6 nitrogen and oxygen atoms in total. The first-order valence-electron chi connectivity index (χ1n) is 6.92. The molecule has 1 aromatic rings. The Hall–Kier alpha value is -2.11. The van der Waals surface area contributed by atoms with Crippen LogP contribution >= 0.6 is 0 Å². The molecule has 1 aliphatic rings. The van der Waals surface area contributed by atoms with Crippen molar-refractivity contribution < 1.29 is 9.59 Å². The van der Waals surface area contributed by atoms with E-state index in [9.17, 15) is 9.59 Å². The largest absolute Gasteiger partial charge is 0.369 e. The number of amides is 2. The lowest BCUT2D eigenvalue weighted by molar-refractivity contribution is -0.127. The molecule has 2 heterocycles. The van der Waals surface area contributed by atoms with E-state index in [0.717, 1.165) is 13.0 Å². The van der Waals surface area contributed by atoms with Crippen molar-refractivity contribution in [3.8, 4) is 0 Å². The van der Waals surface area contributed by atoms with Crippen LogP contribution in [0.2, 0.25) is 0 Å². The van der Waals surface area contributed by atoms with E-state index in [1.54, 1.807) is 30.2 Å². The second kappa shape index (κ2) is 6.36. The summed E-state index contributed by atoms with van der Waals surface area (Å²) in [4.78, 5) is 30.1. The molecule has 1 atom stereocenters. The number of pyridine rings is 1. The smallest absolute Gasteiger partial charge is 0.258 e. The van der Waals surface area contributed by atoms with Crippen molar-refractivity contribution in [1.29, 1.82) is 0 Å². The van der Waals surface area contributed by atoms with Gasteiger partial charge in [-0.1, -0.05) is 6.92 Å². The third-order valence-electron chi connectivity index (χ3n) is 3.34. The lowest BCUT2D eigenvalue weighted by Crippen LogP contribution is -2.55. The van der Waals surface area contributed by atoms with Gasteiger partial charge in [-0.15, -0.1) is 0 Å². The maximum Gasteiger partial charge on any atom is 0.258 e. The average molecular weight is 276 g/mol. The summed E-state index contributed by atoms with van der Waals surface area (Å²) in [6, 6.07) is 3.03. The lowest BCUT2D eigenvalue weighted by atomic mass is 10.1. The SMILES string of the molecule is CCCNc1ncccc1C(=O)N1CCNC(=O)C1C. The van der Waals surface area contributed by atoms with Gasteiger partial charge in [-0.3, -0.25) is 9.59 Å². The lowest BCUT2D eigenvalue weighted by Gasteiger charge is -2.33. The Balaban J connectivity index is 2.22. The molecule has 1 saturated heterocycles. The first-order chi connectivity index (χ1) is 9.65. The van der Waals surface area contributed by atoms with Gasteiger partial charge in [0.1, 0.15) is 11.9 Å². The molecule has 1 aliphatic heterocycles. The Morgan fingerprint density at radius 3 is 3.15 bits per heavy atom. The van der Waals surface area contributed by atoms with Gasteiger partial charge in [-0.2, -0.15) is 0 Å². The van der Waals surface area contributed by atoms with Crippen molar-refractivity contribution in [3.05, 3.63) is 23.9 Å².